The Morgan fingerprint density at radius 3 is 2.28 bits per heavy atom. The molecule has 2 N–H and O–H groups in total. The number of para-hydroxylation sites is 1. The van der Waals surface area contributed by atoms with Crippen molar-refractivity contribution < 1.29 is 36.2 Å². The van der Waals surface area contributed by atoms with E-state index in [1.54, 1.807) is 29.2 Å². The van der Waals surface area contributed by atoms with Gasteiger partial charge in [-0.05, 0) is 72.9 Å². The van der Waals surface area contributed by atoms with Crippen molar-refractivity contribution in [1.82, 2.24) is 0 Å². The number of hydrogen-bond donors (Lipinski definition) is 1. The highest BCUT2D eigenvalue weighted by atomic mass is 35.5. The Morgan fingerprint density at radius 1 is 0.974 bits per heavy atom. The lowest BCUT2D eigenvalue weighted by Gasteiger charge is -2.38. The second-order valence-electron chi connectivity index (χ2n) is 9.02. The van der Waals surface area contributed by atoms with Gasteiger partial charge in [0.1, 0.15) is 25.2 Å². The zero-order valence-corrected chi connectivity index (χ0v) is 21.6. The fourth-order valence-electron chi connectivity index (χ4n) is 4.51. The molecule has 2 atom stereocenters. The van der Waals surface area contributed by atoms with Crippen molar-refractivity contribution in [2.24, 2.45) is 11.7 Å². The summed E-state index contributed by atoms with van der Waals surface area (Å²) in [4.78, 5) is 13.7. The van der Waals surface area contributed by atoms with Gasteiger partial charge in [-0.1, -0.05) is 18.2 Å². The van der Waals surface area contributed by atoms with Gasteiger partial charge in [0.25, 0.3) is 0 Å². The summed E-state index contributed by atoms with van der Waals surface area (Å²) in [6.07, 6.45) is -2.90. The zero-order valence-electron chi connectivity index (χ0n) is 20.8. The molecular weight excluding hydrogens is 543 g/mol. The van der Waals surface area contributed by atoms with Gasteiger partial charge in [-0.2, -0.15) is 13.2 Å². The summed E-state index contributed by atoms with van der Waals surface area (Å²) < 4.78 is 77.3. The van der Waals surface area contributed by atoms with Crippen molar-refractivity contribution in [3.05, 3.63) is 89.0 Å². The minimum atomic E-state index is -4.43. The average Bonchev–Trinajstić information content (AvgIpc) is 2.90. The maximum absolute atomic E-state index is 13.6. The first kappa shape index (κ1) is 30.2. The Bertz CT molecular complexity index is 1240. The van der Waals surface area contributed by atoms with E-state index in [1.165, 1.54) is 12.1 Å². The van der Waals surface area contributed by atoms with Gasteiger partial charge in [0, 0.05) is 12.2 Å². The summed E-state index contributed by atoms with van der Waals surface area (Å²) in [7, 11) is 0. The third-order valence-corrected chi connectivity index (χ3v) is 6.45. The fourth-order valence-corrected chi connectivity index (χ4v) is 4.51. The molecule has 0 saturated heterocycles. The van der Waals surface area contributed by atoms with E-state index < -0.39 is 41.2 Å². The van der Waals surface area contributed by atoms with Crippen molar-refractivity contribution >= 4 is 24.4 Å². The molecule has 0 saturated carbocycles. The van der Waals surface area contributed by atoms with Crippen LogP contribution in [0.5, 0.6) is 11.5 Å². The van der Waals surface area contributed by atoms with Gasteiger partial charge in [0.05, 0.1) is 17.6 Å². The largest absolute Gasteiger partial charge is 0.490 e. The van der Waals surface area contributed by atoms with Crippen LogP contribution in [0.2, 0.25) is 0 Å². The second kappa shape index (κ2) is 13.1. The standard InChI is InChI=1S/C28H27F5N2O3.ClH/c29-23-4-1-5-24(30)26(23)38-14-13-37-22-9-6-18(7-10-22)15-20(17-36)27(34)35-12-2-3-19-16-21(28(31,32)33)8-11-25(19)35;/h1,4-11,16-17,20,27H,2-3,12-15,34H2;1H. The van der Waals surface area contributed by atoms with E-state index in [0.29, 0.717) is 42.8 Å². The lowest BCUT2D eigenvalue weighted by atomic mass is 9.93. The SMILES string of the molecule is Cl.NC(C(C=O)Cc1ccc(OCCOc2c(F)cccc2F)cc1)N1CCCc2cc(C(F)(F)F)ccc21. The third-order valence-electron chi connectivity index (χ3n) is 6.45. The Balaban J connectivity index is 0.00000420. The molecule has 1 aliphatic rings. The molecule has 2 unspecified atom stereocenters. The van der Waals surface area contributed by atoms with E-state index in [2.05, 4.69) is 0 Å². The molecule has 0 aromatic heterocycles. The molecule has 0 fully saturated rings. The molecule has 3 aromatic carbocycles. The fraction of sp³-hybridized carbons (Fsp3) is 0.321. The van der Waals surface area contributed by atoms with Crippen molar-refractivity contribution in [2.75, 3.05) is 24.7 Å². The number of aldehydes is 1. The predicted molar refractivity (Wildman–Crippen MR) is 139 cm³/mol. The highest BCUT2D eigenvalue weighted by molar-refractivity contribution is 5.85. The van der Waals surface area contributed by atoms with E-state index >= 15 is 0 Å². The number of fused-ring (bicyclic) bond motifs is 1. The molecule has 1 heterocycles. The molecule has 0 spiro atoms. The molecule has 4 rings (SSSR count). The number of rotatable bonds is 10. The topological polar surface area (TPSA) is 64.8 Å². The van der Waals surface area contributed by atoms with Gasteiger partial charge in [-0.3, -0.25) is 0 Å². The molecule has 0 bridgehead atoms. The van der Waals surface area contributed by atoms with E-state index in [-0.39, 0.29) is 25.6 Å². The van der Waals surface area contributed by atoms with Crippen molar-refractivity contribution in [3.8, 4) is 11.5 Å². The molecule has 0 amide bonds. The Morgan fingerprint density at radius 2 is 1.64 bits per heavy atom. The summed E-state index contributed by atoms with van der Waals surface area (Å²) >= 11 is 0. The highest BCUT2D eigenvalue weighted by Gasteiger charge is 2.33. The lowest BCUT2D eigenvalue weighted by molar-refractivity contribution is -0.137. The van der Waals surface area contributed by atoms with E-state index in [0.717, 1.165) is 36.1 Å². The molecule has 11 heteroatoms. The minimum Gasteiger partial charge on any atom is -0.490 e. The number of benzene rings is 3. The van der Waals surface area contributed by atoms with Crippen LogP contribution in [-0.2, 0) is 23.8 Å². The van der Waals surface area contributed by atoms with Gasteiger partial charge in [0.2, 0.25) is 0 Å². The molecule has 0 aliphatic carbocycles. The monoisotopic (exact) mass is 570 g/mol. The maximum Gasteiger partial charge on any atom is 0.416 e. The van der Waals surface area contributed by atoms with Gasteiger partial charge < -0.3 is 24.9 Å². The predicted octanol–water partition coefficient (Wildman–Crippen LogP) is 5.96. The van der Waals surface area contributed by atoms with Gasteiger partial charge >= 0.3 is 6.18 Å². The number of carbonyl (C=O) groups excluding carboxylic acids is 1. The number of anilines is 1. The molecule has 1 aliphatic heterocycles. The average molecular weight is 571 g/mol. The molecule has 0 radical (unpaired) electrons. The number of hydrogen-bond acceptors (Lipinski definition) is 5. The maximum atomic E-state index is 13.6. The van der Waals surface area contributed by atoms with Crippen LogP contribution in [0.4, 0.5) is 27.6 Å². The molecule has 3 aromatic rings. The molecule has 39 heavy (non-hydrogen) atoms. The number of alkyl halides is 3. The molecular formula is C28H28ClF5N2O3. The summed E-state index contributed by atoms with van der Waals surface area (Å²) in [6.45, 7) is 0.526. The van der Waals surface area contributed by atoms with Crippen LogP contribution in [0.25, 0.3) is 0 Å². The van der Waals surface area contributed by atoms with Crippen molar-refractivity contribution in [2.45, 2.75) is 31.6 Å². The number of ether oxygens (including phenoxy) is 2. The van der Waals surface area contributed by atoms with E-state index in [1.807, 2.05) is 0 Å². The first-order valence-electron chi connectivity index (χ1n) is 12.1. The molecule has 5 nitrogen and oxygen atoms in total. The number of aryl methyl sites for hydroxylation is 1. The number of halogens is 6. The zero-order chi connectivity index (χ0) is 27.3. The van der Waals surface area contributed by atoms with Crippen LogP contribution in [0.3, 0.4) is 0 Å². The van der Waals surface area contributed by atoms with Gasteiger partial charge in [-0.15, -0.1) is 12.4 Å². The minimum absolute atomic E-state index is 0. The Labute approximate surface area is 229 Å². The van der Waals surface area contributed by atoms with Crippen LogP contribution in [0, 0.1) is 17.6 Å². The van der Waals surface area contributed by atoms with Crippen LogP contribution >= 0.6 is 12.4 Å². The van der Waals surface area contributed by atoms with Crippen LogP contribution < -0.4 is 20.1 Å². The van der Waals surface area contributed by atoms with Crippen molar-refractivity contribution in [1.29, 1.82) is 0 Å². The summed E-state index contributed by atoms with van der Waals surface area (Å²) in [5.41, 5.74) is 7.75. The summed E-state index contributed by atoms with van der Waals surface area (Å²) in [5.74, 6) is -2.14. The normalized spacial score (nSPS) is 14.6. The summed E-state index contributed by atoms with van der Waals surface area (Å²) in [5, 5.41) is 0. The van der Waals surface area contributed by atoms with E-state index in [4.69, 9.17) is 15.2 Å². The summed E-state index contributed by atoms with van der Waals surface area (Å²) in [6, 6.07) is 14.0. The second-order valence-corrected chi connectivity index (χ2v) is 9.02. The Kier molecular flexibility index (Phi) is 10.2. The Hall–Kier alpha value is -3.37. The first-order valence-corrected chi connectivity index (χ1v) is 12.1. The van der Waals surface area contributed by atoms with Gasteiger partial charge in [-0.25, -0.2) is 8.78 Å². The smallest absolute Gasteiger partial charge is 0.416 e. The van der Waals surface area contributed by atoms with Gasteiger partial charge in [0.15, 0.2) is 17.4 Å². The number of nitrogens with zero attached hydrogens (tertiary/aromatic N) is 1. The van der Waals surface area contributed by atoms with Crippen LogP contribution in [0.15, 0.2) is 60.7 Å². The molecule has 210 valence electrons. The van der Waals surface area contributed by atoms with Crippen LogP contribution in [0.1, 0.15) is 23.1 Å². The lowest BCUT2D eigenvalue weighted by Crippen LogP contribution is -2.50. The quantitative estimate of drug-likeness (QED) is 0.185. The third kappa shape index (κ3) is 7.39. The number of carbonyl (C=O) groups is 1. The van der Waals surface area contributed by atoms with Crippen LogP contribution in [-0.4, -0.2) is 32.2 Å². The van der Waals surface area contributed by atoms with Crippen molar-refractivity contribution in [3.63, 3.8) is 0 Å². The number of nitrogens with two attached hydrogens (primary N) is 1. The van der Waals surface area contributed by atoms with E-state index in [9.17, 15) is 26.7 Å². The highest BCUT2D eigenvalue weighted by Crippen LogP contribution is 2.36. The first-order chi connectivity index (χ1) is 18.2.